The highest BCUT2D eigenvalue weighted by Gasteiger charge is 2.18. The van der Waals surface area contributed by atoms with Crippen molar-refractivity contribution in [1.82, 2.24) is 0 Å². The molecule has 138 valence electrons. The van der Waals surface area contributed by atoms with Gasteiger partial charge in [0.1, 0.15) is 5.75 Å². The molecule has 26 heavy (non-hydrogen) atoms. The lowest BCUT2D eigenvalue weighted by molar-refractivity contribution is -0.133. The molecule has 2 amide bonds. The van der Waals surface area contributed by atoms with Gasteiger partial charge in [0.25, 0.3) is 0 Å². The van der Waals surface area contributed by atoms with Crippen LogP contribution in [0.3, 0.4) is 0 Å². The average Bonchev–Trinajstić information content (AvgIpc) is 2.57. The highest BCUT2D eigenvalue weighted by Crippen LogP contribution is 2.31. The van der Waals surface area contributed by atoms with E-state index in [9.17, 15) is 9.59 Å². The Hall–Kier alpha value is -2.53. The van der Waals surface area contributed by atoms with Crippen molar-refractivity contribution in [3.05, 3.63) is 52.5 Å². The quantitative estimate of drug-likeness (QED) is 0.775. The van der Waals surface area contributed by atoms with Crippen LogP contribution in [0.25, 0.3) is 0 Å². The van der Waals surface area contributed by atoms with Gasteiger partial charge in [0.15, 0.2) is 0 Å². The molecule has 0 spiro atoms. The number of methoxy groups -OCH3 is 1. The minimum Gasteiger partial charge on any atom is -0.495 e. The van der Waals surface area contributed by atoms with E-state index in [1.807, 2.05) is 12.1 Å². The van der Waals surface area contributed by atoms with Gasteiger partial charge in [-0.15, -0.1) is 0 Å². The fourth-order valence-corrected chi connectivity index (χ4v) is 2.50. The molecule has 0 aliphatic carbocycles. The number of anilines is 2. The molecule has 0 aromatic heterocycles. The van der Waals surface area contributed by atoms with Crippen molar-refractivity contribution in [2.75, 3.05) is 17.7 Å². The molecule has 0 heterocycles. The summed E-state index contributed by atoms with van der Waals surface area (Å²) in [5.41, 5.74) is 2.86. The average molecular weight is 375 g/mol. The standard InChI is InChI=1S/C20H23ClN2O3/c1-12-10-16(17(26-5)11-15(12)21)23-19(25)18(24)22-14-8-6-13(7-9-14)20(2,3)4/h6-11H,1-5H3,(H,22,24)(H,23,25). The molecule has 5 nitrogen and oxygen atoms in total. The van der Waals surface area contributed by atoms with E-state index in [2.05, 4.69) is 31.4 Å². The summed E-state index contributed by atoms with van der Waals surface area (Å²) in [6.45, 7) is 8.12. The zero-order valence-electron chi connectivity index (χ0n) is 15.6. The highest BCUT2D eigenvalue weighted by molar-refractivity contribution is 6.43. The summed E-state index contributed by atoms with van der Waals surface area (Å²) in [4.78, 5) is 24.4. The molecule has 0 bridgehead atoms. The maximum Gasteiger partial charge on any atom is 0.314 e. The molecule has 0 saturated heterocycles. The number of aryl methyl sites for hydroxylation is 1. The van der Waals surface area contributed by atoms with Crippen molar-refractivity contribution >= 4 is 34.8 Å². The van der Waals surface area contributed by atoms with E-state index in [1.54, 1.807) is 31.2 Å². The van der Waals surface area contributed by atoms with Crippen LogP contribution < -0.4 is 15.4 Å². The third-order valence-corrected chi connectivity index (χ3v) is 4.35. The van der Waals surface area contributed by atoms with Crippen LogP contribution in [0, 0.1) is 6.92 Å². The Bertz CT molecular complexity index is 824. The van der Waals surface area contributed by atoms with E-state index in [0.717, 1.165) is 11.1 Å². The first-order chi connectivity index (χ1) is 12.1. The summed E-state index contributed by atoms with van der Waals surface area (Å²) >= 11 is 6.04. The normalized spacial score (nSPS) is 11.0. The molecule has 0 unspecified atom stereocenters. The molecular formula is C20H23ClN2O3. The molecule has 0 radical (unpaired) electrons. The Morgan fingerprint density at radius 1 is 1.00 bits per heavy atom. The number of hydrogen-bond donors (Lipinski definition) is 2. The lowest BCUT2D eigenvalue weighted by atomic mass is 9.87. The Morgan fingerprint density at radius 3 is 2.12 bits per heavy atom. The Labute approximate surface area is 158 Å². The summed E-state index contributed by atoms with van der Waals surface area (Å²) in [7, 11) is 1.47. The van der Waals surface area contributed by atoms with Crippen LogP contribution in [0.4, 0.5) is 11.4 Å². The zero-order valence-corrected chi connectivity index (χ0v) is 16.3. The van der Waals surface area contributed by atoms with Crippen molar-refractivity contribution in [2.24, 2.45) is 0 Å². The number of rotatable bonds is 3. The molecule has 2 aromatic rings. The van der Waals surface area contributed by atoms with Crippen molar-refractivity contribution in [2.45, 2.75) is 33.1 Å². The van der Waals surface area contributed by atoms with Crippen LogP contribution >= 0.6 is 11.6 Å². The van der Waals surface area contributed by atoms with Gasteiger partial charge >= 0.3 is 11.8 Å². The molecule has 2 N–H and O–H groups in total. The zero-order chi connectivity index (χ0) is 19.5. The molecule has 0 aliphatic heterocycles. The van der Waals surface area contributed by atoms with Crippen LogP contribution in [0.15, 0.2) is 36.4 Å². The van der Waals surface area contributed by atoms with Gasteiger partial charge in [0.2, 0.25) is 0 Å². The van der Waals surface area contributed by atoms with Gasteiger partial charge in [-0.1, -0.05) is 44.5 Å². The van der Waals surface area contributed by atoms with Gasteiger partial charge in [0, 0.05) is 16.8 Å². The van der Waals surface area contributed by atoms with Crippen molar-refractivity contribution in [3.8, 4) is 5.75 Å². The number of hydrogen-bond acceptors (Lipinski definition) is 3. The highest BCUT2D eigenvalue weighted by atomic mass is 35.5. The molecule has 0 saturated carbocycles. The Balaban J connectivity index is 2.09. The predicted molar refractivity (Wildman–Crippen MR) is 105 cm³/mol. The number of ether oxygens (including phenoxy) is 1. The lowest BCUT2D eigenvalue weighted by Crippen LogP contribution is -2.29. The van der Waals surface area contributed by atoms with Crippen LogP contribution in [-0.2, 0) is 15.0 Å². The second-order valence-corrected chi connectivity index (χ2v) is 7.44. The van der Waals surface area contributed by atoms with Crippen LogP contribution in [-0.4, -0.2) is 18.9 Å². The number of benzene rings is 2. The fraction of sp³-hybridized carbons (Fsp3) is 0.300. The van der Waals surface area contributed by atoms with Crippen molar-refractivity contribution < 1.29 is 14.3 Å². The molecule has 2 aromatic carbocycles. The molecule has 0 fully saturated rings. The van der Waals surface area contributed by atoms with Gasteiger partial charge < -0.3 is 15.4 Å². The van der Waals surface area contributed by atoms with Gasteiger partial charge in [-0.2, -0.15) is 0 Å². The minimum absolute atomic E-state index is 0.0168. The van der Waals surface area contributed by atoms with Crippen molar-refractivity contribution in [3.63, 3.8) is 0 Å². The van der Waals surface area contributed by atoms with Gasteiger partial charge in [-0.25, -0.2) is 0 Å². The van der Waals surface area contributed by atoms with Crippen LogP contribution in [0.2, 0.25) is 5.02 Å². The number of carbonyl (C=O) groups excluding carboxylic acids is 2. The van der Waals surface area contributed by atoms with Gasteiger partial charge in [-0.05, 0) is 41.7 Å². The predicted octanol–water partition coefficient (Wildman–Crippen LogP) is 4.53. The first-order valence-electron chi connectivity index (χ1n) is 8.19. The number of halogens is 1. The van der Waals surface area contributed by atoms with Gasteiger partial charge in [0.05, 0.1) is 12.8 Å². The first kappa shape index (κ1) is 19.8. The lowest BCUT2D eigenvalue weighted by Gasteiger charge is -2.19. The van der Waals surface area contributed by atoms with E-state index in [0.29, 0.717) is 22.1 Å². The Kier molecular flexibility index (Phi) is 5.93. The monoisotopic (exact) mass is 374 g/mol. The number of nitrogens with one attached hydrogen (secondary N) is 2. The van der Waals surface area contributed by atoms with Crippen molar-refractivity contribution in [1.29, 1.82) is 0 Å². The maximum absolute atomic E-state index is 12.2. The van der Waals surface area contributed by atoms with Crippen LogP contribution in [0.5, 0.6) is 5.75 Å². The summed E-state index contributed by atoms with van der Waals surface area (Å²) in [6.07, 6.45) is 0. The summed E-state index contributed by atoms with van der Waals surface area (Å²) < 4.78 is 5.19. The second kappa shape index (κ2) is 7.79. The maximum atomic E-state index is 12.2. The summed E-state index contributed by atoms with van der Waals surface area (Å²) in [5.74, 6) is -1.16. The topological polar surface area (TPSA) is 67.4 Å². The molecule has 0 aliphatic rings. The third kappa shape index (κ3) is 4.76. The van der Waals surface area contributed by atoms with E-state index in [1.165, 1.54) is 7.11 Å². The molecule has 0 atom stereocenters. The summed E-state index contributed by atoms with van der Waals surface area (Å²) in [5, 5.41) is 5.65. The van der Waals surface area contributed by atoms with E-state index < -0.39 is 11.8 Å². The second-order valence-electron chi connectivity index (χ2n) is 7.04. The molecule has 2 rings (SSSR count). The summed E-state index contributed by atoms with van der Waals surface area (Å²) in [6, 6.07) is 10.7. The SMILES string of the molecule is COc1cc(Cl)c(C)cc1NC(=O)C(=O)Nc1ccc(C(C)(C)C)cc1. The first-order valence-corrected chi connectivity index (χ1v) is 8.56. The smallest absolute Gasteiger partial charge is 0.314 e. The van der Waals surface area contributed by atoms with E-state index >= 15 is 0 Å². The fourth-order valence-electron chi connectivity index (χ4n) is 2.35. The molecular weight excluding hydrogens is 352 g/mol. The van der Waals surface area contributed by atoms with Gasteiger partial charge in [-0.3, -0.25) is 9.59 Å². The van der Waals surface area contributed by atoms with E-state index in [4.69, 9.17) is 16.3 Å². The third-order valence-electron chi connectivity index (χ3n) is 3.94. The molecule has 6 heteroatoms. The largest absolute Gasteiger partial charge is 0.495 e. The van der Waals surface area contributed by atoms with E-state index in [-0.39, 0.29) is 5.41 Å². The Morgan fingerprint density at radius 2 is 1.58 bits per heavy atom. The van der Waals surface area contributed by atoms with Crippen LogP contribution in [0.1, 0.15) is 31.9 Å². The minimum atomic E-state index is -0.787. The number of amides is 2. The number of carbonyl (C=O) groups is 2.